The van der Waals surface area contributed by atoms with Crippen LogP contribution in [0.2, 0.25) is 0 Å². The predicted molar refractivity (Wildman–Crippen MR) is 163 cm³/mol. The molecule has 1 fully saturated rings. The number of amides is 1. The lowest BCUT2D eigenvalue weighted by atomic mass is 9.86. The Morgan fingerprint density at radius 2 is 1.80 bits per heavy atom. The average molecular weight is 595 g/mol. The number of cyclic esters (lactones) is 1. The first-order valence-corrected chi connectivity index (χ1v) is 15.2. The summed E-state index contributed by atoms with van der Waals surface area (Å²) in [7, 11) is 0. The number of hydrogen-bond donors (Lipinski definition) is 1. The van der Waals surface area contributed by atoms with Crippen LogP contribution in [-0.2, 0) is 41.2 Å². The number of nitrogens with zero attached hydrogens (tertiary/aromatic N) is 4. The molecular weight excluding hydrogens is 560 g/mol. The zero-order chi connectivity index (χ0) is 30.6. The zero-order valence-electron chi connectivity index (χ0n) is 24.8. The molecule has 1 N–H and O–H groups in total. The number of esters is 1. The molecule has 7 rings (SSSR count). The minimum Gasteiger partial charge on any atom is -0.458 e. The van der Waals surface area contributed by atoms with Crippen LogP contribution < -0.4 is 10.3 Å². The molecule has 0 aliphatic carbocycles. The molecule has 5 heterocycles. The van der Waals surface area contributed by atoms with Crippen molar-refractivity contribution in [2.75, 3.05) is 26.2 Å². The van der Waals surface area contributed by atoms with Crippen molar-refractivity contribution in [2.24, 2.45) is 0 Å². The van der Waals surface area contributed by atoms with Gasteiger partial charge in [0.05, 0.1) is 29.0 Å². The van der Waals surface area contributed by atoms with E-state index in [0.29, 0.717) is 59.8 Å². The van der Waals surface area contributed by atoms with E-state index in [-0.39, 0.29) is 24.7 Å². The van der Waals surface area contributed by atoms with Crippen LogP contribution in [0.1, 0.15) is 48.1 Å². The van der Waals surface area contributed by atoms with Gasteiger partial charge in [-0.05, 0) is 48.2 Å². The molecule has 2 aromatic heterocycles. The van der Waals surface area contributed by atoms with Gasteiger partial charge in [0.1, 0.15) is 12.4 Å². The van der Waals surface area contributed by atoms with Crippen molar-refractivity contribution >= 4 is 23.0 Å². The van der Waals surface area contributed by atoms with E-state index in [1.807, 2.05) is 37.3 Å². The van der Waals surface area contributed by atoms with Crippen LogP contribution in [0.5, 0.6) is 5.75 Å². The summed E-state index contributed by atoms with van der Waals surface area (Å²) in [6.07, 6.45) is 0.385. The van der Waals surface area contributed by atoms with E-state index in [4.69, 9.17) is 14.5 Å². The molecule has 10 heteroatoms. The highest BCUT2D eigenvalue weighted by Crippen LogP contribution is 2.40. The third-order valence-corrected chi connectivity index (χ3v) is 9.22. The van der Waals surface area contributed by atoms with Crippen molar-refractivity contribution in [3.05, 3.63) is 92.8 Å². The summed E-state index contributed by atoms with van der Waals surface area (Å²) in [6, 6.07) is 17.5. The minimum absolute atomic E-state index is 0.0881. The smallest absolute Gasteiger partial charge is 0.415 e. The number of hydrogen-bond acceptors (Lipinski definition) is 8. The highest BCUT2D eigenvalue weighted by atomic mass is 16.6. The number of fused-ring (bicyclic) bond motifs is 5. The van der Waals surface area contributed by atoms with Gasteiger partial charge in [0.25, 0.3) is 5.56 Å². The highest BCUT2D eigenvalue weighted by molar-refractivity contribution is 5.90. The Morgan fingerprint density at radius 3 is 2.52 bits per heavy atom. The average Bonchev–Trinajstić information content (AvgIpc) is 3.41. The molecular formula is C34H34N4O6. The number of aryl methyl sites for hydroxylation is 1. The van der Waals surface area contributed by atoms with Gasteiger partial charge in [-0.25, -0.2) is 14.6 Å². The van der Waals surface area contributed by atoms with Crippen molar-refractivity contribution in [3.8, 4) is 17.1 Å². The highest BCUT2D eigenvalue weighted by Gasteiger charge is 2.45. The standard InChI is InChI=1S/C34H34N4O6/c1-3-23-24-16-22(44-33(41)37-14-12-36(13-15-37)18-21-8-6-5-7-9-21)10-11-28(24)35-30-25(23)19-38-29(30)17-27-26(31(38)39)20-43-32(40)34(27,42)4-2/h5-11,16-17,42H,3-4,12-15,18-20H2,1-2H3/t34-/m0/s1. The van der Waals surface area contributed by atoms with Crippen LogP contribution in [0.15, 0.2) is 59.4 Å². The molecule has 1 saturated heterocycles. The van der Waals surface area contributed by atoms with E-state index in [1.165, 1.54) is 5.56 Å². The van der Waals surface area contributed by atoms with Crippen LogP contribution in [0.3, 0.4) is 0 Å². The molecule has 1 atom stereocenters. The van der Waals surface area contributed by atoms with Gasteiger partial charge in [-0.2, -0.15) is 0 Å². The molecule has 1 amide bonds. The van der Waals surface area contributed by atoms with Gasteiger partial charge in [-0.1, -0.05) is 44.2 Å². The van der Waals surface area contributed by atoms with E-state index in [1.54, 1.807) is 28.5 Å². The van der Waals surface area contributed by atoms with Crippen molar-refractivity contribution in [2.45, 2.75) is 52.0 Å². The summed E-state index contributed by atoms with van der Waals surface area (Å²) in [6.45, 7) is 7.47. The zero-order valence-corrected chi connectivity index (χ0v) is 24.8. The Hall–Kier alpha value is -4.54. The topological polar surface area (TPSA) is 114 Å². The van der Waals surface area contributed by atoms with Gasteiger partial charge < -0.3 is 24.0 Å². The predicted octanol–water partition coefficient (Wildman–Crippen LogP) is 3.96. The van der Waals surface area contributed by atoms with Crippen LogP contribution in [0.25, 0.3) is 22.3 Å². The van der Waals surface area contributed by atoms with Gasteiger partial charge in [-0.3, -0.25) is 9.69 Å². The Bertz CT molecular complexity index is 1860. The number of ether oxygens (including phenoxy) is 2. The monoisotopic (exact) mass is 594 g/mol. The lowest BCUT2D eigenvalue weighted by Gasteiger charge is -2.34. The Balaban J connectivity index is 1.15. The summed E-state index contributed by atoms with van der Waals surface area (Å²) in [5, 5.41) is 12.0. The summed E-state index contributed by atoms with van der Waals surface area (Å²) >= 11 is 0. The summed E-state index contributed by atoms with van der Waals surface area (Å²) in [4.78, 5) is 48.2. The SMILES string of the molecule is CCc1c2c(nc3ccc(OC(=O)N4CCN(Cc5ccccc5)CC4)cc13)-c1cc3c(c(=O)n1C2)COC(=O)[C@]3(O)CC. The van der Waals surface area contributed by atoms with Gasteiger partial charge in [-0.15, -0.1) is 0 Å². The van der Waals surface area contributed by atoms with Crippen LogP contribution in [-0.4, -0.2) is 62.7 Å². The number of aromatic nitrogens is 2. The number of aliphatic hydroxyl groups is 1. The first-order chi connectivity index (χ1) is 21.3. The Labute approximate surface area is 254 Å². The maximum Gasteiger partial charge on any atom is 0.415 e. The molecule has 3 aliphatic heterocycles. The van der Waals surface area contributed by atoms with Crippen LogP contribution in [0.4, 0.5) is 4.79 Å². The fourth-order valence-electron chi connectivity index (χ4n) is 6.70. The molecule has 226 valence electrons. The van der Waals surface area contributed by atoms with Gasteiger partial charge in [0.2, 0.25) is 0 Å². The fraction of sp³-hybridized carbons (Fsp3) is 0.353. The number of benzene rings is 2. The summed E-state index contributed by atoms with van der Waals surface area (Å²) in [5.41, 5.74) is 3.54. The molecule has 4 aromatic rings. The molecule has 0 saturated carbocycles. The maximum absolute atomic E-state index is 13.6. The first-order valence-electron chi connectivity index (χ1n) is 15.2. The Morgan fingerprint density at radius 1 is 1.02 bits per heavy atom. The van der Waals surface area contributed by atoms with E-state index < -0.39 is 11.6 Å². The normalized spacial score (nSPS) is 19.3. The number of carbonyl (C=O) groups excluding carboxylic acids is 2. The second kappa shape index (κ2) is 10.9. The number of pyridine rings is 2. The van der Waals surface area contributed by atoms with Crippen molar-refractivity contribution in [3.63, 3.8) is 0 Å². The quantitative estimate of drug-likeness (QED) is 0.304. The molecule has 10 nitrogen and oxygen atoms in total. The van der Waals surface area contributed by atoms with E-state index in [0.717, 1.165) is 36.1 Å². The lowest BCUT2D eigenvalue weighted by molar-refractivity contribution is -0.172. The van der Waals surface area contributed by atoms with Gasteiger partial charge >= 0.3 is 12.1 Å². The van der Waals surface area contributed by atoms with Crippen LogP contribution >= 0.6 is 0 Å². The summed E-state index contributed by atoms with van der Waals surface area (Å²) < 4.78 is 12.7. The number of carbonyl (C=O) groups is 2. The van der Waals surface area contributed by atoms with Gasteiger partial charge in [0.15, 0.2) is 5.60 Å². The molecule has 44 heavy (non-hydrogen) atoms. The molecule has 2 aromatic carbocycles. The molecule has 3 aliphatic rings. The van der Waals surface area contributed by atoms with Crippen molar-refractivity contribution in [1.82, 2.24) is 19.4 Å². The van der Waals surface area contributed by atoms with Crippen molar-refractivity contribution in [1.29, 1.82) is 0 Å². The molecule has 0 radical (unpaired) electrons. The molecule has 0 spiro atoms. The molecule has 0 unspecified atom stereocenters. The second-order valence-corrected chi connectivity index (χ2v) is 11.7. The van der Waals surface area contributed by atoms with Gasteiger partial charge in [0, 0.05) is 49.2 Å². The Kier molecular flexibility index (Phi) is 6.98. The summed E-state index contributed by atoms with van der Waals surface area (Å²) in [5.74, 6) is -0.301. The third kappa shape index (κ3) is 4.56. The van der Waals surface area contributed by atoms with E-state index in [9.17, 15) is 19.5 Å². The van der Waals surface area contributed by atoms with E-state index in [2.05, 4.69) is 17.0 Å². The van der Waals surface area contributed by atoms with Crippen LogP contribution in [0, 0.1) is 0 Å². The minimum atomic E-state index is -1.87. The van der Waals surface area contributed by atoms with E-state index >= 15 is 0 Å². The number of piperazine rings is 1. The lowest BCUT2D eigenvalue weighted by Crippen LogP contribution is -2.49. The second-order valence-electron chi connectivity index (χ2n) is 11.7. The first kappa shape index (κ1) is 28.2. The molecule has 0 bridgehead atoms. The largest absolute Gasteiger partial charge is 0.458 e. The fourth-order valence-corrected chi connectivity index (χ4v) is 6.70. The maximum atomic E-state index is 13.6. The third-order valence-electron chi connectivity index (χ3n) is 9.22. The van der Waals surface area contributed by atoms with Crippen molar-refractivity contribution < 1.29 is 24.2 Å². The number of rotatable bonds is 5.